The highest BCUT2D eigenvalue weighted by molar-refractivity contribution is 5.89. The highest BCUT2D eigenvalue weighted by Gasteiger charge is 2.30. The second kappa shape index (κ2) is 13.7. The Hall–Kier alpha value is -3.97. The highest BCUT2D eigenvalue weighted by atomic mass is 16.2. The van der Waals surface area contributed by atoms with Gasteiger partial charge < -0.3 is 21.3 Å². The number of nitrogens with two attached hydrogens (primary N) is 1. The number of nitrogens with zero attached hydrogens (tertiary/aromatic N) is 1. The molecule has 4 N–H and O–H groups in total. The zero-order valence-corrected chi connectivity index (χ0v) is 23.3. The van der Waals surface area contributed by atoms with Crippen LogP contribution in [-0.2, 0) is 27.2 Å². The van der Waals surface area contributed by atoms with Crippen molar-refractivity contribution in [3.63, 3.8) is 0 Å². The maximum absolute atomic E-state index is 13.0. The Morgan fingerprint density at radius 2 is 1.59 bits per heavy atom. The lowest BCUT2D eigenvalue weighted by Gasteiger charge is -2.33. The largest absolute Gasteiger partial charge is 0.357 e. The Kier molecular flexibility index (Phi) is 10.4. The first kappa shape index (κ1) is 29.6. The summed E-state index contributed by atoms with van der Waals surface area (Å²) in [5.74, 6) is -0.763. The summed E-state index contributed by atoms with van der Waals surface area (Å²) in [6.07, 6.45) is 4.64. The lowest BCUT2D eigenvalue weighted by molar-refractivity contribution is -0.139. The average Bonchev–Trinajstić information content (AvgIpc) is 2.89. The van der Waals surface area contributed by atoms with Crippen molar-refractivity contribution in [3.8, 4) is 0 Å². The average molecular weight is 529 g/mol. The van der Waals surface area contributed by atoms with Crippen molar-refractivity contribution in [1.29, 1.82) is 0 Å². The van der Waals surface area contributed by atoms with Crippen molar-refractivity contribution >= 4 is 28.5 Å². The Labute approximate surface area is 231 Å². The van der Waals surface area contributed by atoms with Gasteiger partial charge in [-0.25, -0.2) is 0 Å². The summed E-state index contributed by atoms with van der Waals surface area (Å²) in [5.41, 5.74) is 7.58. The third-order valence-electron chi connectivity index (χ3n) is 6.57. The van der Waals surface area contributed by atoms with E-state index >= 15 is 0 Å². The Bertz CT molecular complexity index is 1300. The molecule has 0 aliphatic rings. The van der Waals surface area contributed by atoms with Crippen LogP contribution >= 0.6 is 0 Å². The third kappa shape index (κ3) is 9.37. The lowest BCUT2D eigenvalue weighted by atomic mass is 9.99. The standard InChI is InChI=1S/C32H40N4O3/c1-23(37)36(29(31(39)34-4)21-24-11-6-5-7-12-24)22-28(35-30(38)15-10-18-32(2,3)33)20-25-16-17-26-13-8-9-14-27(26)19-25/h5-17,19,28-29H,18,20-22,33H2,1-4H3,(H,34,39)(H,35,38)/t28-,29-/m1/s1. The quantitative estimate of drug-likeness (QED) is 0.311. The molecule has 2 atom stereocenters. The van der Waals surface area contributed by atoms with Crippen LogP contribution in [0.3, 0.4) is 0 Å². The molecule has 0 aliphatic carbocycles. The molecule has 0 bridgehead atoms. The lowest BCUT2D eigenvalue weighted by Crippen LogP contribution is -2.54. The predicted octanol–water partition coefficient (Wildman–Crippen LogP) is 3.76. The number of amides is 3. The minimum absolute atomic E-state index is 0.176. The topological polar surface area (TPSA) is 105 Å². The van der Waals surface area contributed by atoms with Crippen LogP contribution in [0.15, 0.2) is 84.9 Å². The van der Waals surface area contributed by atoms with Gasteiger partial charge in [-0.15, -0.1) is 0 Å². The maximum atomic E-state index is 13.0. The smallest absolute Gasteiger partial charge is 0.243 e. The molecule has 3 aromatic carbocycles. The van der Waals surface area contributed by atoms with Crippen LogP contribution < -0.4 is 16.4 Å². The normalized spacial score (nSPS) is 13.2. The van der Waals surface area contributed by atoms with Gasteiger partial charge in [0.2, 0.25) is 17.7 Å². The number of nitrogens with one attached hydrogen (secondary N) is 2. The number of rotatable bonds is 12. The zero-order valence-electron chi connectivity index (χ0n) is 23.3. The second-order valence-corrected chi connectivity index (χ2v) is 10.7. The van der Waals surface area contributed by atoms with Gasteiger partial charge in [-0.3, -0.25) is 14.4 Å². The van der Waals surface area contributed by atoms with E-state index in [-0.39, 0.29) is 24.3 Å². The Morgan fingerprint density at radius 3 is 2.23 bits per heavy atom. The van der Waals surface area contributed by atoms with E-state index in [0.29, 0.717) is 19.3 Å². The summed E-state index contributed by atoms with van der Waals surface area (Å²) in [6.45, 7) is 5.43. The van der Waals surface area contributed by atoms with Crippen LogP contribution in [0.2, 0.25) is 0 Å². The molecule has 0 saturated carbocycles. The molecule has 0 heterocycles. The summed E-state index contributed by atoms with van der Waals surface area (Å²) in [7, 11) is 1.57. The van der Waals surface area contributed by atoms with Crippen molar-refractivity contribution in [1.82, 2.24) is 15.5 Å². The molecule has 3 aromatic rings. The number of carbonyl (C=O) groups excluding carboxylic acids is 3. The summed E-state index contributed by atoms with van der Waals surface area (Å²) < 4.78 is 0. The van der Waals surface area contributed by atoms with Gasteiger partial charge in [-0.1, -0.05) is 78.9 Å². The number of hydrogen-bond acceptors (Lipinski definition) is 4. The summed E-state index contributed by atoms with van der Waals surface area (Å²) in [5, 5.41) is 8.00. The highest BCUT2D eigenvalue weighted by Crippen LogP contribution is 2.18. The van der Waals surface area contributed by atoms with E-state index in [1.165, 1.54) is 13.0 Å². The summed E-state index contributed by atoms with van der Waals surface area (Å²) >= 11 is 0. The molecule has 0 spiro atoms. The monoisotopic (exact) mass is 528 g/mol. The van der Waals surface area contributed by atoms with Crippen LogP contribution in [0, 0.1) is 0 Å². The van der Waals surface area contributed by atoms with Gasteiger partial charge in [0, 0.05) is 32.5 Å². The minimum atomic E-state index is -0.723. The Morgan fingerprint density at radius 1 is 0.923 bits per heavy atom. The molecule has 3 rings (SSSR count). The van der Waals surface area contributed by atoms with Gasteiger partial charge in [-0.05, 0) is 54.7 Å². The van der Waals surface area contributed by atoms with Crippen molar-refractivity contribution < 1.29 is 14.4 Å². The molecule has 3 amide bonds. The molecule has 39 heavy (non-hydrogen) atoms. The van der Waals surface area contributed by atoms with E-state index in [1.54, 1.807) is 18.0 Å². The fourth-order valence-electron chi connectivity index (χ4n) is 4.59. The SMILES string of the molecule is CNC(=O)[C@@H](Cc1ccccc1)N(C[C@@H](Cc1ccc2ccccc2c1)NC(=O)C=CCC(C)(C)N)C(C)=O. The van der Waals surface area contributed by atoms with Crippen LogP contribution in [0.5, 0.6) is 0 Å². The molecule has 0 aliphatic heterocycles. The van der Waals surface area contributed by atoms with Gasteiger partial charge in [0.1, 0.15) is 6.04 Å². The molecule has 0 saturated heterocycles. The molecule has 0 radical (unpaired) electrons. The predicted molar refractivity (Wildman–Crippen MR) is 157 cm³/mol. The van der Waals surface area contributed by atoms with Crippen molar-refractivity contribution in [3.05, 3.63) is 96.1 Å². The number of likely N-dealkylation sites (N-methyl/N-ethyl adjacent to an activating group) is 1. The van der Waals surface area contributed by atoms with Crippen LogP contribution in [0.1, 0.15) is 38.3 Å². The van der Waals surface area contributed by atoms with Crippen LogP contribution in [0.4, 0.5) is 0 Å². The van der Waals surface area contributed by atoms with Crippen LogP contribution in [-0.4, -0.2) is 53.8 Å². The van der Waals surface area contributed by atoms with Crippen molar-refractivity contribution in [2.75, 3.05) is 13.6 Å². The van der Waals surface area contributed by atoms with Crippen LogP contribution in [0.25, 0.3) is 10.8 Å². The molecular formula is C32H40N4O3. The van der Waals surface area contributed by atoms with E-state index in [2.05, 4.69) is 28.8 Å². The maximum Gasteiger partial charge on any atom is 0.243 e. The molecular weight excluding hydrogens is 488 g/mol. The van der Waals surface area contributed by atoms with Gasteiger partial charge in [0.05, 0.1) is 6.04 Å². The fourth-order valence-corrected chi connectivity index (χ4v) is 4.59. The van der Waals surface area contributed by atoms with Gasteiger partial charge >= 0.3 is 0 Å². The van der Waals surface area contributed by atoms with Crippen molar-refractivity contribution in [2.24, 2.45) is 5.73 Å². The summed E-state index contributed by atoms with van der Waals surface area (Å²) in [6, 6.07) is 22.7. The number of hydrogen-bond donors (Lipinski definition) is 3. The first-order chi connectivity index (χ1) is 18.6. The first-order valence-electron chi connectivity index (χ1n) is 13.3. The van der Waals surface area contributed by atoms with E-state index in [4.69, 9.17) is 5.73 Å². The first-order valence-corrected chi connectivity index (χ1v) is 13.3. The van der Waals surface area contributed by atoms with Gasteiger partial charge in [0.15, 0.2) is 0 Å². The molecule has 7 nitrogen and oxygen atoms in total. The zero-order chi connectivity index (χ0) is 28.4. The molecule has 206 valence electrons. The van der Waals surface area contributed by atoms with E-state index < -0.39 is 17.6 Å². The number of benzene rings is 3. The molecule has 0 unspecified atom stereocenters. The molecule has 0 fully saturated rings. The number of carbonyl (C=O) groups is 3. The summed E-state index contributed by atoms with van der Waals surface area (Å²) in [4.78, 5) is 40.4. The fraction of sp³-hybridized carbons (Fsp3) is 0.344. The second-order valence-electron chi connectivity index (χ2n) is 10.7. The Balaban J connectivity index is 1.89. The number of fused-ring (bicyclic) bond motifs is 1. The van der Waals surface area contributed by atoms with Gasteiger partial charge in [-0.2, -0.15) is 0 Å². The van der Waals surface area contributed by atoms with E-state index in [0.717, 1.165) is 21.9 Å². The molecule has 0 aromatic heterocycles. The minimum Gasteiger partial charge on any atom is -0.357 e. The third-order valence-corrected chi connectivity index (χ3v) is 6.57. The van der Waals surface area contributed by atoms with E-state index in [9.17, 15) is 14.4 Å². The van der Waals surface area contributed by atoms with Gasteiger partial charge in [0.25, 0.3) is 0 Å². The molecule has 7 heteroatoms. The van der Waals surface area contributed by atoms with E-state index in [1.807, 2.05) is 68.4 Å². The van der Waals surface area contributed by atoms with Crippen molar-refractivity contribution in [2.45, 2.75) is 57.7 Å².